The lowest BCUT2D eigenvalue weighted by Crippen LogP contribution is -2.37. The highest BCUT2D eigenvalue weighted by Crippen LogP contribution is 2.39. The van der Waals surface area contributed by atoms with Crippen LogP contribution in [-0.2, 0) is 0 Å². The van der Waals surface area contributed by atoms with E-state index in [2.05, 4.69) is 36.1 Å². The van der Waals surface area contributed by atoms with E-state index in [0.29, 0.717) is 0 Å². The van der Waals surface area contributed by atoms with Gasteiger partial charge in [0.05, 0.1) is 0 Å². The highest BCUT2D eigenvalue weighted by atomic mass is 32.2. The molecular weight excluding hydrogens is 226 g/mol. The summed E-state index contributed by atoms with van der Waals surface area (Å²) in [6.45, 7) is 6.29. The van der Waals surface area contributed by atoms with Crippen LogP contribution in [0.3, 0.4) is 0 Å². The van der Waals surface area contributed by atoms with Gasteiger partial charge >= 0.3 is 0 Å². The Balaban J connectivity index is 1.67. The van der Waals surface area contributed by atoms with Crippen LogP contribution < -0.4 is 0 Å². The lowest BCUT2D eigenvalue weighted by molar-refractivity contribution is 0.177. The molecule has 0 saturated carbocycles. The van der Waals surface area contributed by atoms with Gasteiger partial charge in [0, 0.05) is 29.7 Å². The summed E-state index contributed by atoms with van der Waals surface area (Å²) >= 11 is 2.04. The van der Waals surface area contributed by atoms with Gasteiger partial charge in [-0.25, -0.2) is 0 Å². The molecule has 1 aromatic rings. The third-order valence-electron chi connectivity index (χ3n) is 4.02. The van der Waals surface area contributed by atoms with Crippen molar-refractivity contribution in [1.29, 1.82) is 0 Å². The molecule has 0 amide bonds. The summed E-state index contributed by atoms with van der Waals surface area (Å²) in [7, 11) is 0. The van der Waals surface area contributed by atoms with Crippen LogP contribution in [0.1, 0.15) is 31.2 Å². The summed E-state index contributed by atoms with van der Waals surface area (Å²) in [5, 5.41) is 0. The van der Waals surface area contributed by atoms with E-state index < -0.39 is 0 Å². The van der Waals surface area contributed by atoms with Gasteiger partial charge in [0.25, 0.3) is 0 Å². The first kappa shape index (κ1) is 11.6. The third kappa shape index (κ3) is 2.53. The summed E-state index contributed by atoms with van der Waals surface area (Å²) in [6, 6.07) is 8.96. The molecule has 17 heavy (non-hydrogen) atoms. The quantitative estimate of drug-likeness (QED) is 0.785. The first-order chi connectivity index (χ1) is 8.33. The summed E-state index contributed by atoms with van der Waals surface area (Å²) in [5.74, 6) is 2.94. The van der Waals surface area contributed by atoms with Gasteiger partial charge in [0.2, 0.25) is 0 Å². The fourth-order valence-corrected chi connectivity index (χ4v) is 4.39. The first-order valence-corrected chi connectivity index (χ1v) is 7.75. The molecule has 1 fully saturated rings. The van der Waals surface area contributed by atoms with Crippen molar-refractivity contribution >= 4 is 11.8 Å². The predicted octanol–water partition coefficient (Wildman–Crippen LogP) is 3.61. The molecule has 0 aromatic heterocycles. The topological polar surface area (TPSA) is 3.24 Å². The van der Waals surface area contributed by atoms with Gasteiger partial charge in [-0.2, -0.15) is 0 Å². The number of hydrogen-bond donors (Lipinski definition) is 0. The zero-order valence-corrected chi connectivity index (χ0v) is 11.4. The average molecular weight is 247 g/mol. The van der Waals surface area contributed by atoms with E-state index in [1.807, 2.05) is 11.8 Å². The van der Waals surface area contributed by atoms with Crippen LogP contribution in [0.4, 0.5) is 0 Å². The van der Waals surface area contributed by atoms with E-state index in [0.717, 1.165) is 11.8 Å². The van der Waals surface area contributed by atoms with Crippen molar-refractivity contribution in [2.24, 2.45) is 5.92 Å². The Morgan fingerprint density at radius 3 is 3.12 bits per heavy atom. The molecule has 92 valence electrons. The Morgan fingerprint density at radius 2 is 2.24 bits per heavy atom. The highest BCUT2D eigenvalue weighted by Gasteiger charge is 2.26. The number of likely N-dealkylation sites (tertiary alicyclic amines) is 1. The number of fused-ring (bicyclic) bond motifs is 1. The van der Waals surface area contributed by atoms with E-state index in [4.69, 9.17) is 0 Å². The lowest BCUT2D eigenvalue weighted by atomic mass is 9.96. The standard InChI is InChI=1S/C15H21NS/c1-12-5-4-8-16(9-12)10-13-11-17-15-7-3-2-6-14(13)15/h2-3,6-7,12-13H,4-5,8-11H2,1H3. The zero-order valence-electron chi connectivity index (χ0n) is 10.6. The molecule has 0 bridgehead atoms. The van der Waals surface area contributed by atoms with Crippen LogP contribution in [0.25, 0.3) is 0 Å². The first-order valence-electron chi connectivity index (χ1n) is 6.77. The molecule has 2 heterocycles. The molecular formula is C15H21NS. The summed E-state index contributed by atoms with van der Waals surface area (Å²) in [5.41, 5.74) is 1.59. The van der Waals surface area contributed by atoms with Crippen LogP contribution in [0.5, 0.6) is 0 Å². The Bertz CT molecular complexity index is 390. The molecule has 2 heteroatoms. The molecule has 2 unspecified atom stereocenters. The monoisotopic (exact) mass is 247 g/mol. The van der Waals surface area contributed by atoms with E-state index in [1.165, 1.54) is 43.1 Å². The van der Waals surface area contributed by atoms with Gasteiger partial charge < -0.3 is 4.90 Å². The predicted molar refractivity (Wildman–Crippen MR) is 74.7 cm³/mol. The fraction of sp³-hybridized carbons (Fsp3) is 0.600. The van der Waals surface area contributed by atoms with Gasteiger partial charge in [0.15, 0.2) is 0 Å². The summed E-state index contributed by atoms with van der Waals surface area (Å²) in [4.78, 5) is 4.20. The Morgan fingerprint density at radius 1 is 1.35 bits per heavy atom. The van der Waals surface area contributed by atoms with Crippen molar-refractivity contribution in [3.63, 3.8) is 0 Å². The van der Waals surface area contributed by atoms with Crippen LogP contribution in [-0.4, -0.2) is 30.3 Å². The number of thioether (sulfide) groups is 1. The van der Waals surface area contributed by atoms with Crippen LogP contribution in [0.15, 0.2) is 29.2 Å². The van der Waals surface area contributed by atoms with E-state index in [9.17, 15) is 0 Å². The fourth-order valence-electron chi connectivity index (χ4n) is 3.14. The minimum Gasteiger partial charge on any atom is -0.302 e. The number of rotatable bonds is 2. The van der Waals surface area contributed by atoms with Gasteiger partial charge in [-0.15, -0.1) is 11.8 Å². The molecule has 0 aliphatic carbocycles. The second-order valence-corrected chi connectivity index (χ2v) is 6.61. The minimum atomic E-state index is 0.765. The van der Waals surface area contributed by atoms with E-state index in [-0.39, 0.29) is 0 Å². The SMILES string of the molecule is CC1CCCN(CC2CSc3ccccc32)C1. The Hall–Kier alpha value is -0.470. The molecule has 1 aromatic carbocycles. The van der Waals surface area contributed by atoms with Crippen molar-refractivity contribution < 1.29 is 0 Å². The largest absolute Gasteiger partial charge is 0.302 e. The van der Waals surface area contributed by atoms with Gasteiger partial charge in [-0.3, -0.25) is 0 Å². The molecule has 0 spiro atoms. The number of nitrogens with zero attached hydrogens (tertiary/aromatic N) is 1. The number of hydrogen-bond acceptors (Lipinski definition) is 2. The highest BCUT2D eigenvalue weighted by molar-refractivity contribution is 7.99. The van der Waals surface area contributed by atoms with E-state index in [1.54, 1.807) is 5.56 Å². The van der Waals surface area contributed by atoms with Crippen LogP contribution >= 0.6 is 11.8 Å². The number of benzene rings is 1. The zero-order chi connectivity index (χ0) is 11.7. The second-order valence-electron chi connectivity index (χ2n) is 5.55. The van der Waals surface area contributed by atoms with E-state index >= 15 is 0 Å². The maximum atomic E-state index is 2.68. The molecule has 2 aliphatic rings. The molecule has 1 saturated heterocycles. The van der Waals surface area contributed by atoms with Crippen molar-refractivity contribution in [3.05, 3.63) is 29.8 Å². The third-order valence-corrected chi connectivity index (χ3v) is 5.27. The normalized spacial score (nSPS) is 29.2. The number of piperidine rings is 1. The molecule has 3 rings (SSSR count). The van der Waals surface area contributed by atoms with Crippen molar-refractivity contribution in [2.75, 3.05) is 25.4 Å². The van der Waals surface area contributed by atoms with Gasteiger partial charge in [0.1, 0.15) is 0 Å². The Labute approximate surface area is 109 Å². The minimum absolute atomic E-state index is 0.765. The molecule has 0 radical (unpaired) electrons. The van der Waals surface area contributed by atoms with Crippen molar-refractivity contribution in [2.45, 2.75) is 30.6 Å². The van der Waals surface area contributed by atoms with Crippen molar-refractivity contribution in [1.82, 2.24) is 4.90 Å². The van der Waals surface area contributed by atoms with Crippen LogP contribution in [0.2, 0.25) is 0 Å². The smallest absolute Gasteiger partial charge is 0.0108 e. The lowest BCUT2D eigenvalue weighted by Gasteiger charge is -2.32. The van der Waals surface area contributed by atoms with Crippen LogP contribution in [0, 0.1) is 5.92 Å². The Kier molecular flexibility index (Phi) is 3.44. The summed E-state index contributed by atoms with van der Waals surface area (Å²) in [6.07, 6.45) is 2.81. The van der Waals surface area contributed by atoms with Crippen molar-refractivity contribution in [3.8, 4) is 0 Å². The van der Waals surface area contributed by atoms with Gasteiger partial charge in [-0.1, -0.05) is 25.1 Å². The average Bonchev–Trinajstić information content (AvgIpc) is 2.73. The molecule has 2 atom stereocenters. The van der Waals surface area contributed by atoms with Gasteiger partial charge in [-0.05, 0) is 36.9 Å². The summed E-state index contributed by atoms with van der Waals surface area (Å²) < 4.78 is 0. The second kappa shape index (κ2) is 5.03. The molecule has 1 nitrogen and oxygen atoms in total. The maximum Gasteiger partial charge on any atom is 0.0108 e. The molecule has 0 N–H and O–H groups in total. The maximum absolute atomic E-state index is 2.68. The molecule has 2 aliphatic heterocycles.